The second-order valence-electron chi connectivity index (χ2n) is 3.26. The van der Waals surface area contributed by atoms with Gasteiger partial charge in [0.05, 0.1) is 5.02 Å². The summed E-state index contributed by atoms with van der Waals surface area (Å²) < 4.78 is 26.1. The van der Waals surface area contributed by atoms with E-state index >= 15 is 0 Å². The fourth-order valence-electron chi connectivity index (χ4n) is 1.43. The Labute approximate surface area is 79.5 Å². The van der Waals surface area contributed by atoms with E-state index in [-0.39, 0.29) is 22.5 Å². The van der Waals surface area contributed by atoms with E-state index in [2.05, 4.69) is 0 Å². The largest absolute Gasteiger partial charge is 0.327 e. The summed E-state index contributed by atoms with van der Waals surface area (Å²) >= 11 is 5.63. The van der Waals surface area contributed by atoms with Gasteiger partial charge in [-0.25, -0.2) is 8.78 Å². The van der Waals surface area contributed by atoms with Crippen molar-refractivity contribution in [2.45, 2.75) is 18.4 Å². The zero-order valence-corrected chi connectivity index (χ0v) is 7.48. The zero-order chi connectivity index (χ0) is 9.59. The highest BCUT2D eigenvalue weighted by Crippen LogP contribution is 2.44. The Morgan fingerprint density at radius 2 is 1.85 bits per heavy atom. The summed E-state index contributed by atoms with van der Waals surface area (Å²) in [6.45, 7) is 0. The first kappa shape index (κ1) is 8.91. The Kier molecular flexibility index (Phi) is 2.00. The molecule has 1 aromatic rings. The summed E-state index contributed by atoms with van der Waals surface area (Å²) in [7, 11) is 0. The number of hydrogen-bond acceptors (Lipinski definition) is 1. The van der Waals surface area contributed by atoms with Crippen molar-refractivity contribution >= 4 is 11.6 Å². The van der Waals surface area contributed by atoms with Crippen LogP contribution in [0.2, 0.25) is 5.02 Å². The van der Waals surface area contributed by atoms with E-state index in [0.29, 0.717) is 6.42 Å². The molecular weight excluding hydrogens is 196 g/mol. The molecular formula is C9H8ClF2N. The maximum absolute atomic E-state index is 13.2. The minimum atomic E-state index is -0.586. The molecule has 0 amide bonds. The third kappa shape index (κ3) is 1.42. The Morgan fingerprint density at radius 1 is 1.31 bits per heavy atom. The molecule has 0 saturated heterocycles. The van der Waals surface area contributed by atoms with Gasteiger partial charge in [0.15, 0.2) is 0 Å². The van der Waals surface area contributed by atoms with Crippen LogP contribution in [0, 0.1) is 11.6 Å². The minimum absolute atomic E-state index is 0.0752. The molecule has 2 atom stereocenters. The van der Waals surface area contributed by atoms with Crippen LogP contribution >= 0.6 is 11.6 Å². The molecule has 0 unspecified atom stereocenters. The second kappa shape index (κ2) is 2.93. The Balaban J connectivity index is 2.48. The van der Waals surface area contributed by atoms with Gasteiger partial charge in [-0.15, -0.1) is 0 Å². The van der Waals surface area contributed by atoms with Crippen LogP contribution in [0.5, 0.6) is 0 Å². The standard InChI is InChI=1S/C9H8ClF2N/c10-9-6(12)2-1-5(11)8(9)4-3-7(4)13/h1-2,4,7H,3,13H2/t4-,7-/m1/s1. The maximum atomic E-state index is 13.2. The van der Waals surface area contributed by atoms with Crippen LogP contribution in [-0.2, 0) is 0 Å². The molecule has 1 fully saturated rings. The number of hydrogen-bond donors (Lipinski definition) is 1. The van der Waals surface area contributed by atoms with Crippen molar-refractivity contribution < 1.29 is 8.78 Å². The lowest BCUT2D eigenvalue weighted by molar-refractivity contribution is 0.585. The predicted octanol–water partition coefficient (Wildman–Crippen LogP) is 2.43. The molecule has 13 heavy (non-hydrogen) atoms. The molecule has 70 valence electrons. The molecule has 4 heteroatoms. The topological polar surface area (TPSA) is 26.0 Å². The van der Waals surface area contributed by atoms with Crippen LogP contribution in [0.15, 0.2) is 12.1 Å². The molecule has 1 aliphatic carbocycles. The summed E-state index contributed by atoms with van der Waals surface area (Å²) in [5, 5.41) is -0.127. The maximum Gasteiger partial charge on any atom is 0.142 e. The van der Waals surface area contributed by atoms with Gasteiger partial charge in [0.2, 0.25) is 0 Å². The zero-order valence-electron chi connectivity index (χ0n) is 6.73. The Morgan fingerprint density at radius 3 is 2.38 bits per heavy atom. The van der Waals surface area contributed by atoms with Gasteiger partial charge >= 0.3 is 0 Å². The Bertz CT molecular complexity index is 354. The van der Waals surface area contributed by atoms with Gasteiger partial charge in [0, 0.05) is 17.5 Å². The van der Waals surface area contributed by atoms with E-state index in [1.165, 1.54) is 0 Å². The summed E-state index contributed by atoms with van der Waals surface area (Å²) in [6.07, 6.45) is 0.681. The third-order valence-corrected chi connectivity index (χ3v) is 2.67. The first-order valence-corrected chi connectivity index (χ1v) is 4.38. The normalized spacial score (nSPS) is 26.2. The van der Waals surface area contributed by atoms with Crippen molar-refractivity contribution in [1.29, 1.82) is 0 Å². The molecule has 2 rings (SSSR count). The van der Waals surface area contributed by atoms with Crippen molar-refractivity contribution in [2.75, 3.05) is 0 Å². The molecule has 0 aromatic heterocycles. The van der Waals surface area contributed by atoms with Gasteiger partial charge < -0.3 is 5.73 Å². The summed E-state index contributed by atoms with van der Waals surface area (Å²) in [4.78, 5) is 0. The molecule has 1 saturated carbocycles. The summed E-state index contributed by atoms with van der Waals surface area (Å²) in [5.41, 5.74) is 5.77. The van der Waals surface area contributed by atoms with Gasteiger partial charge in [0.25, 0.3) is 0 Å². The molecule has 0 spiro atoms. The highest BCUT2D eigenvalue weighted by atomic mass is 35.5. The van der Waals surface area contributed by atoms with Crippen molar-refractivity contribution in [3.05, 3.63) is 34.4 Å². The van der Waals surface area contributed by atoms with Gasteiger partial charge in [-0.3, -0.25) is 0 Å². The fourth-order valence-corrected chi connectivity index (χ4v) is 1.72. The fraction of sp³-hybridized carbons (Fsp3) is 0.333. The summed E-state index contributed by atoms with van der Waals surface area (Å²) in [6, 6.07) is 2.03. The first-order valence-electron chi connectivity index (χ1n) is 4.00. The molecule has 2 N–H and O–H groups in total. The average Bonchev–Trinajstić information content (AvgIpc) is 2.76. The highest BCUT2D eigenvalue weighted by Gasteiger charge is 2.38. The van der Waals surface area contributed by atoms with E-state index in [1.807, 2.05) is 0 Å². The van der Waals surface area contributed by atoms with Crippen LogP contribution in [0.3, 0.4) is 0 Å². The molecule has 1 aliphatic rings. The van der Waals surface area contributed by atoms with Crippen LogP contribution in [0.4, 0.5) is 8.78 Å². The van der Waals surface area contributed by atoms with Gasteiger partial charge in [-0.2, -0.15) is 0 Å². The lowest BCUT2D eigenvalue weighted by Crippen LogP contribution is -2.03. The van der Waals surface area contributed by atoms with Gasteiger partial charge in [-0.1, -0.05) is 11.6 Å². The van der Waals surface area contributed by atoms with E-state index in [0.717, 1.165) is 12.1 Å². The minimum Gasteiger partial charge on any atom is -0.327 e. The van der Waals surface area contributed by atoms with Gasteiger partial charge in [-0.05, 0) is 18.6 Å². The SMILES string of the molecule is N[C@@H]1C[C@H]1c1c(F)ccc(F)c1Cl. The van der Waals surface area contributed by atoms with E-state index in [1.54, 1.807) is 0 Å². The smallest absolute Gasteiger partial charge is 0.142 e. The number of benzene rings is 1. The van der Waals surface area contributed by atoms with Crippen LogP contribution in [-0.4, -0.2) is 6.04 Å². The van der Waals surface area contributed by atoms with E-state index in [9.17, 15) is 8.78 Å². The molecule has 0 radical (unpaired) electrons. The van der Waals surface area contributed by atoms with Crippen molar-refractivity contribution in [2.24, 2.45) is 5.73 Å². The molecule has 0 bridgehead atoms. The quantitative estimate of drug-likeness (QED) is 0.697. The van der Waals surface area contributed by atoms with Crippen LogP contribution < -0.4 is 5.73 Å². The number of nitrogens with two attached hydrogens (primary N) is 1. The highest BCUT2D eigenvalue weighted by molar-refractivity contribution is 6.31. The van der Waals surface area contributed by atoms with Gasteiger partial charge in [0.1, 0.15) is 11.6 Å². The molecule has 1 nitrogen and oxygen atoms in total. The Hall–Kier alpha value is -0.670. The predicted molar refractivity (Wildman–Crippen MR) is 46.7 cm³/mol. The molecule has 0 heterocycles. The summed E-state index contributed by atoms with van der Waals surface area (Å²) in [5.74, 6) is -1.16. The van der Waals surface area contributed by atoms with Crippen LogP contribution in [0.1, 0.15) is 17.9 Å². The van der Waals surface area contributed by atoms with Crippen molar-refractivity contribution in [3.8, 4) is 0 Å². The second-order valence-corrected chi connectivity index (χ2v) is 3.64. The average molecular weight is 204 g/mol. The lowest BCUT2D eigenvalue weighted by Gasteiger charge is -2.04. The number of rotatable bonds is 1. The lowest BCUT2D eigenvalue weighted by atomic mass is 10.1. The number of halogens is 3. The van der Waals surface area contributed by atoms with Crippen molar-refractivity contribution in [3.63, 3.8) is 0 Å². The third-order valence-electron chi connectivity index (χ3n) is 2.29. The molecule has 1 aromatic carbocycles. The van der Waals surface area contributed by atoms with E-state index in [4.69, 9.17) is 17.3 Å². The van der Waals surface area contributed by atoms with E-state index < -0.39 is 11.6 Å². The van der Waals surface area contributed by atoms with Crippen LogP contribution in [0.25, 0.3) is 0 Å². The monoisotopic (exact) mass is 203 g/mol. The molecule has 0 aliphatic heterocycles. The first-order chi connectivity index (χ1) is 6.11. The van der Waals surface area contributed by atoms with Crippen molar-refractivity contribution in [1.82, 2.24) is 0 Å².